The molecule has 33 heavy (non-hydrogen) atoms. The topological polar surface area (TPSA) is 83.3 Å². The van der Waals surface area contributed by atoms with Crippen molar-refractivity contribution in [2.75, 3.05) is 11.5 Å². The van der Waals surface area contributed by atoms with E-state index >= 15 is 0 Å². The van der Waals surface area contributed by atoms with E-state index < -0.39 is 23.1 Å². The van der Waals surface area contributed by atoms with Gasteiger partial charge in [0.25, 0.3) is 5.91 Å². The summed E-state index contributed by atoms with van der Waals surface area (Å²) in [4.78, 5) is 17.4. The predicted octanol–water partition coefficient (Wildman–Crippen LogP) is 5.17. The number of rotatable bonds is 4. The number of oxime groups is 2. The van der Waals surface area contributed by atoms with Gasteiger partial charge in [-0.3, -0.25) is 4.79 Å². The highest BCUT2D eigenvalue weighted by Crippen LogP contribution is 2.48. The summed E-state index contributed by atoms with van der Waals surface area (Å²) in [5, 5.41) is 18.9. The third-order valence-electron chi connectivity index (χ3n) is 5.32. The minimum atomic E-state index is -5.08. The molecule has 1 saturated heterocycles. The third kappa shape index (κ3) is 4.15. The lowest BCUT2D eigenvalue weighted by Gasteiger charge is -2.29. The van der Waals surface area contributed by atoms with Crippen molar-refractivity contribution in [2.24, 2.45) is 10.3 Å². The van der Waals surface area contributed by atoms with Gasteiger partial charge in [0.05, 0.1) is 0 Å². The van der Waals surface area contributed by atoms with Crippen molar-refractivity contribution in [1.82, 2.24) is 5.32 Å². The van der Waals surface area contributed by atoms with E-state index in [-0.39, 0.29) is 33.3 Å². The first-order chi connectivity index (χ1) is 15.6. The fourth-order valence-corrected chi connectivity index (χ4v) is 4.78. The van der Waals surface area contributed by atoms with E-state index in [1.807, 2.05) is 0 Å². The molecule has 174 valence electrons. The summed E-state index contributed by atoms with van der Waals surface area (Å²) in [5.41, 5.74) is -3.88. The first-order valence-corrected chi connectivity index (χ1v) is 11.5. The molecule has 2 aliphatic rings. The number of carbonyl (C=O) groups is 1. The Bertz CT molecular complexity index is 1160. The molecule has 0 saturated carbocycles. The molecule has 0 aromatic heterocycles. The van der Waals surface area contributed by atoms with E-state index in [9.17, 15) is 23.2 Å². The number of carbonyl (C=O) groups excluding carboxylic acids is 1. The number of halogens is 5. The molecule has 2 aromatic rings. The second kappa shape index (κ2) is 8.73. The maximum absolute atomic E-state index is 14.4. The molecule has 12 heteroatoms. The van der Waals surface area contributed by atoms with Gasteiger partial charge in [0.15, 0.2) is 5.71 Å². The van der Waals surface area contributed by atoms with Gasteiger partial charge in [-0.05, 0) is 42.8 Å². The summed E-state index contributed by atoms with van der Waals surface area (Å²) in [5.74, 6) is 1.39. The van der Waals surface area contributed by atoms with Crippen LogP contribution in [-0.2, 0) is 10.4 Å². The molecule has 1 fully saturated rings. The van der Waals surface area contributed by atoms with Crippen molar-refractivity contribution in [3.8, 4) is 0 Å². The molecule has 2 aliphatic heterocycles. The molecule has 1 unspecified atom stereocenters. The quantitative estimate of drug-likeness (QED) is 0.432. The lowest BCUT2D eigenvalue weighted by Crippen LogP contribution is -2.50. The molecule has 0 aliphatic carbocycles. The van der Waals surface area contributed by atoms with E-state index in [1.165, 1.54) is 24.3 Å². The van der Waals surface area contributed by atoms with Gasteiger partial charge in [-0.25, -0.2) is 0 Å². The molecule has 1 amide bonds. The largest absolute Gasteiger partial charge is 0.441 e. The smallest absolute Gasteiger partial charge is 0.410 e. The van der Waals surface area contributed by atoms with Crippen LogP contribution >= 0.6 is 35.0 Å². The summed E-state index contributed by atoms with van der Waals surface area (Å²) < 4.78 is 43.1. The minimum absolute atomic E-state index is 0.0634. The van der Waals surface area contributed by atoms with Crippen molar-refractivity contribution >= 4 is 52.3 Å². The fraction of sp³-hybridized carbons (Fsp3) is 0.286. The number of benzene rings is 2. The predicted molar refractivity (Wildman–Crippen MR) is 121 cm³/mol. The number of nitrogens with zero attached hydrogens (tertiary/aromatic N) is 2. The summed E-state index contributed by atoms with van der Waals surface area (Å²) in [6, 6.07) is 7.77. The van der Waals surface area contributed by atoms with Gasteiger partial charge in [0.1, 0.15) is 5.71 Å². The highest BCUT2D eigenvalue weighted by molar-refractivity contribution is 8.00. The van der Waals surface area contributed by atoms with Crippen LogP contribution in [0.25, 0.3) is 0 Å². The maximum atomic E-state index is 14.4. The molecular weight excluding hydrogens is 502 g/mol. The van der Waals surface area contributed by atoms with Crippen molar-refractivity contribution in [3.05, 3.63) is 68.7 Å². The summed E-state index contributed by atoms with van der Waals surface area (Å²) in [6.45, 7) is 1.65. The Labute approximate surface area is 200 Å². The van der Waals surface area contributed by atoms with E-state index in [2.05, 4.69) is 15.6 Å². The third-order valence-corrected chi connectivity index (χ3v) is 7.03. The Morgan fingerprint density at radius 3 is 2.42 bits per heavy atom. The molecule has 0 spiro atoms. The van der Waals surface area contributed by atoms with Gasteiger partial charge in [-0.2, -0.15) is 24.9 Å². The average molecular weight is 518 g/mol. The highest BCUT2D eigenvalue weighted by atomic mass is 35.5. The molecule has 2 N–H and O–H groups in total. The van der Waals surface area contributed by atoms with Crippen LogP contribution in [0, 0.1) is 6.92 Å². The molecule has 6 nitrogen and oxygen atoms in total. The van der Waals surface area contributed by atoms with Crippen LogP contribution < -0.4 is 5.32 Å². The summed E-state index contributed by atoms with van der Waals surface area (Å²) >= 11 is 13.6. The monoisotopic (exact) mass is 517 g/mol. The Balaban J connectivity index is 1.72. The zero-order chi connectivity index (χ0) is 24.0. The number of thioether (sulfide) groups is 1. The number of hydrogen-bond acceptors (Lipinski definition) is 6. The Morgan fingerprint density at radius 1 is 1.24 bits per heavy atom. The normalized spacial score (nSPS) is 22.0. The molecule has 2 heterocycles. The number of nitrogens with one attached hydrogen (secondary N) is 1. The fourth-order valence-electron chi connectivity index (χ4n) is 3.62. The second-order valence-electron chi connectivity index (χ2n) is 7.55. The Morgan fingerprint density at radius 2 is 1.91 bits per heavy atom. The first kappa shape index (κ1) is 23.7. The van der Waals surface area contributed by atoms with E-state index in [0.29, 0.717) is 11.1 Å². The van der Waals surface area contributed by atoms with Crippen LogP contribution in [0.5, 0.6) is 0 Å². The second-order valence-corrected chi connectivity index (χ2v) is 9.50. The van der Waals surface area contributed by atoms with Crippen LogP contribution in [0.3, 0.4) is 0 Å². The van der Waals surface area contributed by atoms with Crippen LogP contribution in [0.2, 0.25) is 10.0 Å². The molecular formula is C21H16Cl2F3N3O3S. The van der Waals surface area contributed by atoms with Crippen LogP contribution in [0.1, 0.15) is 27.0 Å². The Hall–Kier alpha value is -2.43. The van der Waals surface area contributed by atoms with Gasteiger partial charge in [0, 0.05) is 44.3 Å². The van der Waals surface area contributed by atoms with E-state index in [0.717, 1.165) is 23.6 Å². The van der Waals surface area contributed by atoms with Gasteiger partial charge in [0.2, 0.25) is 0 Å². The average Bonchev–Trinajstić information content (AvgIpc) is 3.10. The molecule has 4 rings (SSSR count). The van der Waals surface area contributed by atoms with Gasteiger partial charge in [-0.15, -0.1) is 0 Å². The van der Waals surface area contributed by atoms with E-state index in [4.69, 9.17) is 28.0 Å². The van der Waals surface area contributed by atoms with Gasteiger partial charge in [-0.1, -0.05) is 39.6 Å². The number of aryl methyl sites for hydroxylation is 1. The number of alkyl halides is 3. The van der Waals surface area contributed by atoms with Crippen molar-refractivity contribution in [2.45, 2.75) is 24.7 Å². The lowest BCUT2D eigenvalue weighted by molar-refractivity contribution is -0.250. The number of hydrogen-bond donors (Lipinski definition) is 2. The van der Waals surface area contributed by atoms with Crippen molar-refractivity contribution in [3.63, 3.8) is 0 Å². The van der Waals surface area contributed by atoms with Crippen LogP contribution in [0.4, 0.5) is 13.2 Å². The maximum Gasteiger partial charge on any atom is 0.441 e. The molecule has 0 bridgehead atoms. The van der Waals surface area contributed by atoms with Crippen LogP contribution in [0.15, 0.2) is 46.7 Å². The lowest BCUT2D eigenvalue weighted by atomic mass is 9.84. The SMILES string of the molecule is Cc1cc(C2=NOC(c3cc(Cl)cc(Cl)c3)(C(F)(F)F)/C2=N/O)ccc1C(=O)NC1CSC1. The first-order valence-electron chi connectivity index (χ1n) is 9.59. The van der Waals surface area contributed by atoms with Gasteiger partial charge < -0.3 is 15.4 Å². The summed E-state index contributed by atoms with van der Waals surface area (Å²) in [6.07, 6.45) is -5.08. The standard InChI is InChI=1S/C21H16Cl2F3N3O3S/c1-10-4-11(2-3-16(10)19(30)27-15-8-33-9-15)17-18(28-31)20(32-29-17,21(24,25)26)12-5-13(22)7-14(23)6-12/h2-7,15,31H,8-9H2,1H3,(H,27,30)/b28-18+. The van der Waals surface area contributed by atoms with Crippen LogP contribution in [-0.4, -0.2) is 46.3 Å². The minimum Gasteiger partial charge on any atom is -0.410 e. The molecule has 1 atom stereocenters. The molecule has 2 aromatic carbocycles. The van der Waals surface area contributed by atoms with Gasteiger partial charge >= 0.3 is 11.8 Å². The van der Waals surface area contributed by atoms with E-state index in [1.54, 1.807) is 18.7 Å². The van der Waals surface area contributed by atoms with Crippen molar-refractivity contribution < 1.29 is 28.0 Å². The molecule has 0 radical (unpaired) electrons. The zero-order valence-corrected chi connectivity index (χ0v) is 19.2. The highest BCUT2D eigenvalue weighted by Gasteiger charge is 2.67. The van der Waals surface area contributed by atoms with Crippen molar-refractivity contribution in [1.29, 1.82) is 0 Å². The summed E-state index contributed by atoms with van der Waals surface area (Å²) in [7, 11) is 0. The zero-order valence-electron chi connectivity index (χ0n) is 16.9. The Kier molecular flexibility index (Phi) is 6.28. The number of amides is 1.